The summed E-state index contributed by atoms with van der Waals surface area (Å²) in [6, 6.07) is 7.50. The van der Waals surface area contributed by atoms with Crippen LogP contribution < -0.4 is 5.30 Å². The Hall–Kier alpha value is -2.00. The van der Waals surface area contributed by atoms with Gasteiger partial charge in [-0.25, -0.2) is 0 Å². The van der Waals surface area contributed by atoms with Gasteiger partial charge >= 0.3 is 6.18 Å². The fourth-order valence-corrected chi connectivity index (χ4v) is 3.73. The number of alkyl halides is 3. The third-order valence-corrected chi connectivity index (χ3v) is 4.86. The molecule has 6 heteroatoms. The first-order valence-corrected chi connectivity index (χ1v) is 8.14. The summed E-state index contributed by atoms with van der Waals surface area (Å²) in [5.41, 5.74) is 1.39. The topological polar surface area (TPSA) is 34.1 Å². The van der Waals surface area contributed by atoms with Crippen LogP contribution in [0.5, 0.6) is 0 Å². The average Bonchev–Trinajstić information content (AvgIpc) is 2.44. The van der Waals surface area contributed by atoms with Crippen LogP contribution in [0.4, 0.5) is 13.2 Å². The number of carbonyl (C=O) groups excluding carboxylic acids is 1. The van der Waals surface area contributed by atoms with Gasteiger partial charge in [-0.1, -0.05) is 17.7 Å². The molecular weight excluding hydrogens is 324 g/mol. The molecule has 2 rings (SSSR count). The maximum absolute atomic E-state index is 12.5. The average molecular weight is 339 g/mol. The van der Waals surface area contributed by atoms with Crippen LogP contribution in [-0.4, -0.2) is 5.52 Å². The first kappa shape index (κ1) is 17.4. The smallest absolute Gasteiger partial charge is 0.281 e. The van der Waals surface area contributed by atoms with Crippen LogP contribution in [0.25, 0.3) is 0 Å². The molecule has 0 fully saturated rings. The molecule has 0 spiro atoms. The van der Waals surface area contributed by atoms with Crippen LogP contribution in [0, 0.1) is 20.8 Å². The maximum atomic E-state index is 12.5. The third-order valence-electron chi connectivity index (χ3n) is 3.50. The van der Waals surface area contributed by atoms with Crippen molar-refractivity contribution >= 4 is 18.6 Å². The van der Waals surface area contributed by atoms with E-state index in [2.05, 4.69) is 0 Å². The summed E-state index contributed by atoms with van der Waals surface area (Å²) >= 11 is 0. The molecule has 0 N–H and O–H groups in total. The van der Waals surface area contributed by atoms with Gasteiger partial charge in [-0.3, -0.25) is 9.36 Å². The van der Waals surface area contributed by atoms with Crippen molar-refractivity contribution in [2.24, 2.45) is 0 Å². The van der Waals surface area contributed by atoms with Gasteiger partial charge in [-0.15, -0.1) is 0 Å². The Morgan fingerprint density at radius 3 is 1.87 bits per heavy atom. The molecule has 2 nitrogen and oxygen atoms in total. The normalized spacial score (nSPS) is 12.2. The number of halogens is 3. The van der Waals surface area contributed by atoms with Gasteiger partial charge in [-0.2, -0.15) is 13.2 Å². The van der Waals surface area contributed by atoms with Crippen LogP contribution in [0.15, 0.2) is 36.4 Å². The van der Waals surface area contributed by atoms with E-state index in [4.69, 9.17) is 0 Å². The summed E-state index contributed by atoms with van der Waals surface area (Å²) in [5, 5.41) is 0.0948. The number of aryl methyl sites for hydroxylation is 3. The molecule has 1 radical (unpaired) electrons. The highest BCUT2D eigenvalue weighted by molar-refractivity contribution is 7.71. The summed E-state index contributed by atoms with van der Waals surface area (Å²) in [7, 11) is -2.46. The molecule has 0 saturated carbocycles. The van der Waals surface area contributed by atoms with Gasteiger partial charge in [0.2, 0.25) is 5.52 Å². The van der Waals surface area contributed by atoms with Crippen LogP contribution in [0.3, 0.4) is 0 Å². The van der Waals surface area contributed by atoms with E-state index in [9.17, 15) is 22.5 Å². The molecule has 2 aromatic rings. The van der Waals surface area contributed by atoms with Gasteiger partial charge in [0.1, 0.15) is 0 Å². The van der Waals surface area contributed by atoms with Gasteiger partial charge in [0.25, 0.3) is 0 Å². The minimum absolute atomic E-state index is 0.0948. The van der Waals surface area contributed by atoms with Crippen molar-refractivity contribution in [3.8, 4) is 0 Å². The first-order valence-electron chi connectivity index (χ1n) is 6.88. The summed E-state index contributed by atoms with van der Waals surface area (Å²) in [6.07, 6.45) is -4.46. The molecule has 23 heavy (non-hydrogen) atoms. The van der Waals surface area contributed by atoms with Gasteiger partial charge in [0.15, 0.2) is 7.80 Å². The number of hydrogen-bond donors (Lipinski definition) is 0. The zero-order valence-electron chi connectivity index (χ0n) is 12.9. The van der Waals surface area contributed by atoms with E-state index in [0.29, 0.717) is 16.7 Å². The van der Waals surface area contributed by atoms with Crippen LogP contribution >= 0.6 is 7.80 Å². The van der Waals surface area contributed by atoms with E-state index in [1.165, 1.54) is 0 Å². The Morgan fingerprint density at radius 1 is 0.957 bits per heavy atom. The molecule has 0 aromatic heterocycles. The van der Waals surface area contributed by atoms with Gasteiger partial charge in [0, 0.05) is 10.9 Å². The molecule has 121 valence electrons. The molecule has 0 aliphatic rings. The molecule has 1 unspecified atom stereocenters. The fourth-order valence-electron chi connectivity index (χ4n) is 2.52. The number of carbonyl (C=O) groups is 1. The second-order valence-corrected chi connectivity index (χ2v) is 6.93. The van der Waals surface area contributed by atoms with Crippen molar-refractivity contribution in [3.05, 3.63) is 64.2 Å². The predicted octanol–water partition coefficient (Wildman–Crippen LogP) is 4.92. The van der Waals surface area contributed by atoms with Crippen molar-refractivity contribution in [1.29, 1.82) is 0 Å². The lowest BCUT2D eigenvalue weighted by Gasteiger charge is -2.10. The SMILES string of the molecule is Cc1cc(C)c(C(=O)[P](=O)c2ccc(C(F)(F)F)cc2)c(C)c1. The minimum atomic E-state index is -4.46. The fraction of sp³-hybridized carbons (Fsp3) is 0.235. The van der Waals surface area contributed by atoms with Crippen molar-refractivity contribution < 1.29 is 22.5 Å². The zero-order chi connectivity index (χ0) is 17.4. The van der Waals surface area contributed by atoms with Crippen LogP contribution in [0.2, 0.25) is 0 Å². The molecule has 1 atom stereocenters. The van der Waals surface area contributed by atoms with Crippen molar-refractivity contribution in [3.63, 3.8) is 0 Å². The molecule has 0 heterocycles. The Labute approximate surface area is 133 Å². The van der Waals surface area contributed by atoms with Crippen molar-refractivity contribution in [2.45, 2.75) is 26.9 Å². The maximum Gasteiger partial charge on any atom is 0.416 e. The first-order chi connectivity index (χ1) is 10.6. The zero-order valence-corrected chi connectivity index (χ0v) is 13.8. The van der Waals surface area contributed by atoms with E-state index in [0.717, 1.165) is 29.8 Å². The lowest BCUT2D eigenvalue weighted by molar-refractivity contribution is -0.137. The van der Waals surface area contributed by atoms with Crippen LogP contribution in [-0.2, 0) is 10.7 Å². The molecule has 2 aromatic carbocycles. The number of hydrogen-bond acceptors (Lipinski definition) is 2. The molecule has 0 aliphatic heterocycles. The molecular formula is C17H15F3O2P. The summed E-state index contributed by atoms with van der Waals surface area (Å²) in [5.74, 6) is 0. The summed E-state index contributed by atoms with van der Waals surface area (Å²) in [6.45, 7) is 5.40. The standard InChI is InChI=1S/C17H15F3O2P/c1-10-8-11(2)15(12(3)9-10)16(21)23(22)14-6-4-13(5-7-14)17(18,19)20/h4-9H,1-3H3. The van der Waals surface area contributed by atoms with Gasteiger partial charge in [-0.05, 0) is 56.2 Å². The van der Waals surface area contributed by atoms with E-state index >= 15 is 0 Å². The van der Waals surface area contributed by atoms with Crippen LogP contribution in [0.1, 0.15) is 32.6 Å². The quantitative estimate of drug-likeness (QED) is 0.744. The largest absolute Gasteiger partial charge is 0.416 e. The lowest BCUT2D eigenvalue weighted by atomic mass is 10.0. The van der Waals surface area contributed by atoms with Crippen molar-refractivity contribution in [2.75, 3.05) is 0 Å². The predicted molar refractivity (Wildman–Crippen MR) is 83.7 cm³/mol. The minimum Gasteiger partial charge on any atom is -0.281 e. The Morgan fingerprint density at radius 2 is 1.43 bits per heavy atom. The highest BCUT2D eigenvalue weighted by atomic mass is 31.1. The monoisotopic (exact) mass is 339 g/mol. The second-order valence-electron chi connectivity index (χ2n) is 5.42. The second kappa shape index (κ2) is 6.25. The molecule has 0 aliphatic carbocycles. The Kier molecular flexibility index (Phi) is 4.71. The molecule has 0 bridgehead atoms. The Balaban J connectivity index is 2.36. The van der Waals surface area contributed by atoms with E-state index < -0.39 is 25.1 Å². The number of benzene rings is 2. The van der Waals surface area contributed by atoms with E-state index in [1.54, 1.807) is 13.8 Å². The Bertz CT molecular complexity index is 754. The number of rotatable bonds is 3. The third kappa shape index (κ3) is 3.67. The molecule has 0 saturated heterocycles. The van der Waals surface area contributed by atoms with E-state index in [-0.39, 0.29) is 5.30 Å². The molecule has 0 amide bonds. The van der Waals surface area contributed by atoms with Crippen molar-refractivity contribution in [1.82, 2.24) is 0 Å². The summed E-state index contributed by atoms with van der Waals surface area (Å²) < 4.78 is 50.1. The summed E-state index contributed by atoms with van der Waals surface area (Å²) in [4.78, 5) is 12.5. The highest BCUT2D eigenvalue weighted by Crippen LogP contribution is 2.33. The highest BCUT2D eigenvalue weighted by Gasteiger charge is 2.30. The van der Waals surface area contributed by atoms with Gasteiger partial charge < -0.3 is 0 Å². The van der Waals surface area contributed by atoms with Gasteiger partial charge in [0.05, 0.1) is 5.56 Å². The lowest BCUT2D eigenvalue weighted by Crippen LogP contribution is -2.10. The van der Waals surface area contributed by atoms with E-state index in [1.807, 2.05) is 19.1 Å².